The molecule has 1 aliphatic carbocycles. The molecule has 2 saturated heterocycles. The van der Waals surface area contributed by atoms with Crippen LogP contribution in [0.1, 0.15) is 40.7 Å². The molecule has 160 valence electrons. The smallest absolute Gasteiger partial charge is 0.123 e. The lowest BCUT2D eigenvalue weighted by Gasteiger charge is -2.35. The molecule has 0 spiro atoms. The molecule has 2 aromatic rings. The van der Waals surface area contributed by atoms with E-state index in [1.165, 1.54) is 12.1 Å². The first kappa shape index (κ1) is 20.1. The second kappa shape index (κ2) is 8.35. The molecule has 0 amide bonds. The highest BCUT2D eigenvalue weighted by Gasteiger charge is 2.41. The second-order valence-electron chi connectivity index (χ2n) is 8.75. The number of benzene rings is 2. The van der Waals surface area contributed by atoms with Crippen LogP contribution in [-0.2, 0) is 11.2 Å². The minimum atomic E-state index is -0.253. The van der Waals surface area contributed by atoms with Gasteiger partial charge < -0.3 is 9.84 Å². The second-order valence-corrected chi connectivity index (χ2v) is 8.75. The van der Waals surface area contributed by atoms with Gasteiger partial charge in [-0.15, -0.1) is 0 Å². The van der Waals surface area contributed by atoms with Gasteiger partial charge in [0.1, 0.15) is 11.6 Å². The zero-order valence-corrected chi connectivity index (χ0v) is 17.1. The number of piperazine rings is 1. The Kier molecular flexibility index (Phi) is 5.58. The predicted molar refractivity (Wildman–Crippen MR) is 111 cm³/mol. The van der Waals surface area contributed by atoms with Crippen molar-refractivity contribution in [3.8, 4) is 0 Å². The molecule has 0 saturated carbocycles. The van der Waals surface area contributed by atoms with Gasteiger partial charge in [0, 0.05) is 45.2 Å². The first-order valence-corrected chi connectivity index (χ1v) is 10.9. The number of rotatable bonds is 4. The number of hydrogen-bond acceptors (Lipinski definition) is 4. The molecule has 6 heteroatoms. The molecule has 1 N–H and O–H groups in total. The number of fused-ring (bicyclic) bond motifs is 5. The first-order valence-electron chi connectivity index (χ1n) is 10.9. The Balaban J connectivity index is 1.38. The standard InChI is InChI=1S/C24H28F2N2O2/c25-18-3-1-16-11-17-2-4-19(26)13-22(17)24-23(21(16)12-18)14-20(30-24)15-28-7-5-27(6-8-28)9-10-29/h1-4,12-13,20,23-24,29H,5-11,14-15H2. The van der Waals surface area contributed by atoms with E-state index in [2.05, 4.69) is 9.80 Å². The van der Waals surface area contributed by atoms with Crippen LogP contribution in [0.2, 0.25) is 0 Å². The van der Waals surface area contributed by atoms with E-state index < -0.39 is 0 Å². The van der Waals surface area contributed by atoms with Crippen LogP contribution < -0.4 is 0 Å². The Morgan fingerprint density at radius 1 is 0.900 bits per heavy atom. The maximum Gasteiger partial charge on any atom is 0.123 e. The fraction of sp³-hybridized carbons (Fsp3) is 0.500. The molecule has 0 aromatic heterocycles. The Morgan fingerprint density at radius 3 is 2.23 bits per heavy atom. The van der Waals surface area contributed by atoms with Gasteiger partial charge in [0.25, 0.3) is 0 Å². The molecule has 5 rings (SSSR count). The van der Waals surface area contributed by atoms with E-state index in [-0.39, 0.29) is 36.4 Å². The largest absolute Gasteiger partial charge is 0.395 e. The summed E-state index contributed by atoms with van der Waals surface area (Å²) < 4.78 is 34.7. The summed E-state index contributed by atoms with van der Waals surface area (Å²) in [5.74, 6) is -0.441. The summed E-state index contributed by atoms with van der Waals surface area (Å²) in [6.07, 6.45) is 1.29. The van der Waals surface area contributed by atoms with Gasteiger partial charge in [-0.3, -0.25) is 9.80 Å². The Labute approximate surface area is 176 Å². The first-order chi connectivity index (χ1) is 14.6. The van der Waals surface area contributed by atoms with Crippen LogP contribution in [0.25, 0.3) is 0 Å². The molecule has 2 aliphatic heterocycles. The van der Waals surface area contributed by atoms with Crippen molar-refractivity contribution in [1.82, 2.24) is 9.80 Å². The summed E-state index contributed by atoms with van der Waals surface area (Å²) >= 11 is 0. The molecule has 2 heterocycles. The predicted octanol–water partition coefficient (Wildman–Crippen LogP) is 3.09. The van der Waals surface area contributed by atoms with Crippen molar-refractivity contribution < 1.29 is 18.6 Å². The number of aliphatic hydroxyl groups is 1. The van der Waals surface area contributed by atoms with Crippen molar-refractivity contribution in [2.24, 2.45) is 0 Å². The molecule has 30 heavy (non-hydrogen) atoms. The van der Waals surface area contributed by atoms with Crippen molar-refractivity contribution >= 4 is 0 Å². The number of halogens is 2. The fourth-order valence-corrected chi connectivity index (χ4v) is 5.36. The summed E-state index contributed by atoms with van der Waals surface area (Å²) in [7, 11) is 0. The van der Waals surface area contributed by atoms with Crippen LogP contribution in [-0.4, -0.2) is 66.9 Å². The van der Waals surface area contributed by atoms with Crippen LogP contribution >= 0.6 is 0 Å². The number of ether oxygens (including phenoxy) is 1. The summed E-state index contributed by atoms with van der Waals surface area (Å²) in [4.78, 5) is 4.68. The lowest BCUT2D eigenvalue weighted by molar-refractivity contribution is 0.00786. The van der Waals surface area contributed by atoms with Crippen LogP contribution in [0.3, 0.4) is 0 Å². The van der Waals surface area contributed by atoms with E-state index in [0.29, 0.717) is 6.42 Å². The lowest BCUT2D eigenvalue weighted by Crippen LogP contribution is -2.49. The van der Waals surface area contributed by atoms with Gasteiger partial charge in [-0.1, -0.05) is 12.1 Å². The van der Waals surface area contributed by atoms with E-state index in [1.54, 1.807) is 12.1 Å². The average Bonchev–Trinajstić information content (AvgIpc) is 3.11. The topological polar surface area (TPSA) is 35.9 Å². The number of β-amino-alcohol motifs (C(OH)–C–C–N with tert-alkyl or cyclic N) is 1. The van der Waals surface area contributed by atoms with E-state index in [0.717, 1.165) is 67.9 Å². The number of aliphatic hydroxyl groups excluding tert-OH is 1. The molecule has 4 nitrogen and oxygen atoms in total. The van der Waals surface area contributed by atoms with E-state index in [1.807, 2.05) is 12.1 Å². The van der Waals surface area contributed by atoms with Crippen LogP contribution in [0.4, 0.5) is 8.78 Å². The monoisotopic (exact) mass is 414 g/mol. The highest BCUT2D eigenvalue weighted by Crippen LogP contribution is 2.49. The quantitative estimate of drug-likeness (QED) is 0.834. The summed E-state index contributed by atoms with van der Waals surface area (Å²) in [5.41, 5.74) is 4.09. The van der Waals surface area contributed by atoms with Crippen molar-refractivity contribution in [3.63, 3.8) is 0 Å². The van der Waals surface area contributed by atoms with Gasteiger partial charge in [0.2, 0.25) is 0 Å². The molecule has 0 radical (unpaired) electrons. The highest BCUT2D eigenvalue weighted by atomic mass is 19.1. The molecule has 0 bridgehead atoms. The highest BCUT2D eigenvalue weighted by molar-refractivity contribution is 5.45. The SMILES string of the molecule is OCCN1CCN(CC2CC3c4cc(F)ccc4Cc4ccc(F)cc4C3O2)CC1. The van der Waals surface area contributed by atoms with E-state index >= 15 is 0 Å². The molecular weight excluding hydrogens is 386 g/mol. The average molecular weight is 414 g/mol. The van der Waals surface area contributed by atoms with E-state index in [9.17, 15) is 8.78 Å². The number of hydrogen-bond donors (Lipinski definition) is 1. The molecular formula is C24H28F2N2O2. The van der Waals surface area contributed by atoms with Gasteiger partial charge >= 0.3 is 0 Å². The van der Waals surface area contributed by atoms with Crippen molar-refractivity contribution in [2.45, 2.75) is 31.0 Å². The Hall–Kier alpha value is -1.86. The number of nitrogens with zero attached hydrogens (tertiary/aromatic N) is 2. The maximum atomic E-state index is 14.1. The van der Waals surface area contributed by atoms with Gasteiger partial charge in [0.05, 0.1) is 18.8 Å². The normalized spacial score (nSPS) is 26.7. The van der Waals surface area contributed by atoms with Gasteiger partial charge in [0.15, 0.2) is 0 Å². The third kappa shape index (κ3) is 3.89. The molecule has 2 aromatic carbocycles. The van der Waals surface area contributed by atoms with Crippen LogP contribution in [0.5, 0.6) is 0 Å². The zero-order chi connectivity index (χ0) is 20.7. The van der Waals surface area contributed by atoms with Crippen LogP contribution in [0.15, 0.2) is 36.4 Å². The summed E-state index contributed by atoms with van der Waals surface area (Å²) in [6.45, 7) is 5.54. The van der Waals surface area contributed by atoms with Crippen molar-refractivity contribution in [2.75, 3.05) is 45.9 Å². The summed E-state index contributed by atoms with van der Waals surface area (Å²) in [6, 6.07) is 9.98. The van der Waals surface area contributed by atoms with Crippen LogP contribution in [0, 0.1) is 11.6 Å². The van der Waals surface area contributed by atoms with Crippen molar-refractivity contribution in [1.29, 1.82) is 0 Å². The molecule has 3 unspecified atom stereocenters. The van der Waals surface area contributed by atoms with Gasteiger partial charge in [-0.25, -0.2) is 8.78 Å². The van der Waals surface area contributed by atoms with Gasteiger partial charge in [-0.2, -0.15) is 0 Å². The Morgan fingerprint density at radius 2 is 1.53 bits per heavy atom. The minimum Gasteiger partial charge on any atom is -0.395 e. The summed E-state index contributed by atoms with van der Waals surface area (Å²) in [5, 5.41) is 9.13. The Bertz CT molecular complexity index is 855. The molecule has 3 atom stereocenters. The van der Waals surface area contributed by atoms with Crippen molar-refractivity contribution in [3.05, 3.63) is 70.3 Å². The minimum absolute atomic E-state index is 0.0368. The third-order valence-electron chi connectivity index (χ3n) is 6.87. The molecule has 2 fully saturated rings. The zero-order valence-electron chi connectivity index (χ0n) is 17.1. The van der Waals surface area contributed by atoms with E-state index in [4.69, 9.17) is 9.84 Å². The lowest BCUT2D eigenvalue weighted by atomic mass is 9.87. The van der Waals surface area contributed by atoms with Gasteiger partial charge in [-0.05, 0) is 59.4 Å². The maximum absolute atomic E-state index is 14.1. The fourth-order valence-electron chi connectivity index (χ4n) is 5.36. The molecule has 3 aliphatic rings. The third-order valence-corrected chi connectivity index (χ3v) is 6.87.